The van der Waals surface area contributed by atoms with Crippen LogP contribution in [0.15, 0.2) is 12.1 Å². The molecule has 1 aromatic carbocycles. The number of rotatable bonds is 4. The third-order valence-electron chi connectivity index (χ3n) is 2.20. The summed E-state index contributed by atoms with van der Waals surface area (Å²) in [5.41, 5.74) is 0.0128. The molecule has 0 spiro atoms. The maximum absolute atomic E-state index is 13.2. The van der Waals surface area contributed by atoms with Crippen LogP contribution in [0.5, 0.6) is 0 Å². The number of aryl methyl sites for hydroxylation is 1. The summed E-state index contributed by atoms with van der Waals surface area (Å²) < 4.78 is 31.0. The van der Waals surface area contributed by atoms with E-state index in [1.54, 1.807) is 0 Å². The van der Waals surface area contributed by atoms with E-state index >= 15 is 0 Å². The third kappa shape index (κ3) is 3.02. The Balaban J connectivity index is 2.79. The number of halogens is 2. The fourth-order valence-corrected chi connectivity index (χ4v) is 1.20. The smallest absolute Gasteiger partial charge is 0.341 e. The monoisotopic (exact) mass is 228 g/mol. The van der Waals surface area contributed by atoms with E-state index in [0.717, 1.165) is 12.8 Å². The van der Waals surface area contributed by atoms with Crippen LogP contribution in [0.4, 0.5) is 8.78 Å². The van der Waals surface area contributed by atoms with Gasteiger partial charge in [-0.05, 0) is 25.0 Å². The molecule has 0 atom stereocenters. The number of hydrogen-bond donors (Lipinski definition) is 0. The van der Waals surface area contributed by atoms with Crippen LogP contribution in [0, 0.1) is 18.6 Å². The van der Waals surface area contributed by atoms with Gasteiger partial charge < -0.3 is 4.74 Å². The number of ether oxygens (including phenoxy) is 1. The van der Waals surface area contributed by atoms with E-state index in [1.807, 2.05) is 6.92 Å². The third-order valence-corrected chi connectivity index (χ3v) is 2.20. The molecule has 0 aliphatic carbocycles. The second kappa shape index (κ2) is 5.58. The van der Waals surface area contributed by atoms with Gasteiger partial charge in [0.05, 0.1) is 12.2 Å². The minimum Gasteiger partial charge on any atom is -0.462 e. The Labute approximate surface area is 93.2 Å². The summed E-state index contributed by atoms with van der Waals surface area (Å²) in [5.74, 6) is -2.29. The van der Waals surface area contributed by atoms with Gasteiger partial charge in [-0.1, -0.05) is 13.3 Å². The second-order valence-corrected chi connectivity index (χ2v) is 3.57. The fourth-order valence-electron chi connectivity index (χ4n) is 1.20. The fraction of sp³-hybridized carbons (Fsp3) is 0.417. The molecule has 88 valence electrons. The SMILES string of the molecule is CCCCOC(=O)c1cc(C)c(F)cc1F. The molecule has 0 heterocycles. The van der Waals surface area contributed by atoms with Gasteiger partial charge in [0.15, 0.2) is 0 Å². The van der Waals surface area contributed by atoms with Crippen molar-refractivity contribution in [3.63, 3.8) is 0 Å². The van der Waals surface area contributed by atoms with Gasteiger partial charge in [0.1, 0.15) is 11.6 Å². The Hall–Kier alpha value is -1.45. The number of benzene rings is 1. The lowest BCUT2D eigenvalue weighted by Crippen LogP contribution is -2.09. The second-order valence-electron chi connectivity index (χ2n) is 3.57. The van der Waals surface area contributed by atoms with Gasteiger partial charge in [0.25, 0.3) is 0 Å². The van der Waals surface area contributed by atoms with E-state index in [4.69, 9.17) is 4.74 Å². The Bertz CT molecular complexity index is 389. The van der Waals surface area contributed by atoms with Crippen molar-refractivity contribution in [3.8, 4) is 0 Å². The van der Waals surface area contributed by atoms with Crippen LogP contribution in [0.1, 0.15) is 35.7 Å². The van der Waals surface area contributed by atoms with Crippen molar-refractivity contribution >= 4 is 5.97 Å². The molecule has 16 heavy (non-hydrogen) atoms. The van der Waals surface area contributed by atoms with E-state index in [9.17, 15) is 13.6 Å². The zero-order valence-corrected chi connectivity index (χ0v) is 9.35. The molecule has 0 aliphatic heterocycles. The molecule has 0 amide bonds. The van der Waals surface area contributed by atoms with Crippen molar-refractivity contribution < 1.29 is 18.3 Å². The zero-order chi connectivity index (χ0) is 12.1. The van der Waals surface area contributed by atoms with Gasteiger partial charge in [0.2, 0.25) is 0 Å². The maximum Gasteiger partial charge on any atom is 0.341 e. The first kappa shape index (κ1) is 12.6. The molecule has 0 aromatic heterocycles. The molecule has 0 unspecified atom stereocenters. The molecule has 0 radical (unpaired) electrons. The summed E-state index contributed by atoms with van der Waals surface area (Å²) >= 11 is 0. The number of hydrogen-bond acceptors (Lipinski definition) is 2. The Morgan fingerprint density at radius 2 is 2.00 bits per heavy atom. The van der Waals surface area contributed by atoms with Gasteiger partial charge in [-0.15, -0.1) is 0 Å². The van der Waals surface area contributed by atoms with Crippen molar-refractivity contribution in [3.05, 3.63) is 34.9 Å². The molecule has 0 fully saturated rings. The Morgan fingerprint density at radius 3 is 2.62 bits per heavy atom. The average molecular weight is 228 g/mol. The topological polar surface area (TPSA) is 26.3 Å². The quantitative estimate of drug-likeness (QED) is 0.584. The van der Waals surface area contributed by atoms with E-state index in [2.05, 4.69) is 0 Å². The summed E-state index contributed by atoms with van der Waals surface area (Å²) in [6, 6.07) is 1.87. The highest BCUT2D eigenvalue weighted by Gasteiger charge is 2.15. The van der Waals surface area contributed by atoms with E-state index < -0.39 is 17.6 Å². The van der Waals surface area contributed by atoms with E-state index in [-0.39, 0.29) is 17.7 Å². The summed E-state index contributed by atoms with van der Waals surface area (Å²) in [6.07, 6.45) is 1.62. The highest BCUT2D eigenvalue weighted by Crippen LogP contribution is 2.15. The van der Waals surface area contributed by atoms with Crippen LogP contribution >= 0.6 is 0 Å². The summed E-state index contributed by atoms with van der Waals surface area (Å²) in [4.78, 5) is 11.4. The molecule has 0 aliphatic rings. The van der Waals surface area contributed by atoms with Crippen LogP contribution in [-0.2, 0) is 4.74 Å². The van der Waals surface area contributed by atoms with Gasteiger partial charge in [-0.3, -0.25) is 0 Å². The predicted octanol–water partition coefficient (Wildman–Crippen LogP) is 3.23. The number of carbonyl (C=O) groups excluding carboxylic acids is 1. The highest BCUT2D eigenvalue weighted by molar-refractivity contribution is 5.89. The molecule has 0 saturated heterocycles. The first-order valence-electron chi connectivity index (χ1n) is 5.19. The van der Waals surface area contributed by atoms with Crippen molar-refractivity contribution in [2.45, 2.75) is 26.7 Å². The molecule has 1 rings (SSSR count). The molecule has 0 saturated carbocycles. The van der Waals surface area contributed by atoms with E-state index in [0.29, 0.717) is 6.07 Å². The Kier molecular flexibility index (Phi) is 4.40. The zero-order valence-electron chi connectivity index (χ0n) is 9.35. The molecule has 4 heteroatoms. The number of unbranched alkanes of at least 4 members (excludes halogenated alkanes) is 1. The molecule has 1 aromatic rings. The van der Waals surface area contributed by atoms with Crippen molar-refractivity contribution in [1.82, 2.24) is 0 Å². The van der Waals surface area contributed by atoms with Crippen molar-refractivity contribution in [2.24, 2.45) is 0 Å². The van der Waals surface area contributed by atoms with Crippen LogP contribution in [0.2, 0.25) is 0 Å². The molecule has 0 bridgehead atoms. The van der Waals surface area contributed by atoms with Crippen LogP contribution in [0.3, 0.4) is 0 Å². The number of carbonyl (C=O) groups is 1. The van der Waals surface area contributed by atoms with Gasteiger partial charge in [0, 0.05) is 6.07 Å². The standard InChI is InChI=1S/C12H14F2O2/c1-3-4-5-16-12(15)9-6-8(2)10(13)7-11(9)14/h6-7H,3-5H2,1-2H3. The summed E-state index contributed by atoms with van der Waals surface area (Å²) in [6.45, 7) is 3.68. The predicted molar refractivity (Wildman–Crippen MR) is 56.3 cm³/mol. The van der Waals surface area contributed by atoms with Crippen molar-refractivity contribution in [1.29, 1.82) is 0 Å². The van der Waals surface area contributed by atoms with Crippen LogP contribution < -0.4 is 0 Å². The first-order chi connectivity index (χ1) is 7.56. The molecular weight excluding hydrogens is 214 g/mol. The number of esters is 1. The first-order valence-corrected chi connectivity index (χ1v) is 5.19. The van der Waals surface area contributed by atoms with Crippen molar-refractivity contribution in [2.75, 3.05) is 6.61 Å². The maximum atomic E-state index is 13.2. The molecular formula is C12H14F2O2. The minimum absolute atomic E-state index is 0.213. The van der Waals surface area contributed by atoms with Crippen LogP contribution in [-0.4, -0.2) is 12.6 Å². The lowest BCUT2D eigenvalue weighted by Gasteiger charge is -2.06. The van der Waals surface area contributed by atoms with Crippen LogP contribution in [0.25, 0.3) is 0 Å². The Morgan fingerprint density at radius 1 is 1.31 bits per heavy atom. The van der Waals surface area contributed by atoms with Gasteiger partial charge >= 0.3 is 5.97 Å². The summed E-state index contributed by atoms with van der Waals surface area (Å²) in [7, 11) is 0. The molecule has 0 N–H and O–H groups in total. The van der Waals surface area contributed by atoms with E-state index in [1.165, 1.54) is 13.0 Å². The lowest BCUT2D eigenvalue weighted by atomic mass is 10.1. The average Bonchev–Trinajstić information content (AvgIpc) is 2.23. The highest BCUT2D eigenvalue weighted by atomic mass is 19.1. The van der Waals surface area contributed by atoms with Gasteiger partial charge in [-0.25, -0.2) is 13.6 Å². The largest absolute Gasteiger partial charge is 0.462 e. The summed E-state index contributed by atoms with van der Waals surface area (Å²) in [5, 5.41) is 0. The van der Waals surface area contributed by atoms with Gasteiger partial charge in [-0.2, -0.15) is 0 Å². The lowest BCUT2D eigenvalue weighted by molar-refractivity contribution is 0.0494. The normalized spacial score (nSPS) is 10.2. The molecule has 2 nitrogen and oxygen atoms in total. The minimum atomic E-state index is -0.885.